The van der Waals surface area contributed by atoms with Crippen LogP contribution >= 0.6 is 0 Å². The van der Waals surface area contributed by atoms with Crippen molar-refractivity contribution in [3.63, 3.8) is 0 Å². The highest BCUT2D eigenvalue weighted by molar-refractivity contribution is 6.02. The van der Waals surface area contributed by atoms with Crippen LogP contribution in [-0.2, 0) is 0 Å². The molecule has 0 saturated carbocycles. The SMILES string of the molecule is COc1ccccc1NC(=O)c1nc(-c2ccc(F)cc2)n(-c2ccc(C)c(C)c2)n1. The highest BCUT2D eigenvalue weighted by Crippen LogP contribution is 2.26. The molecule has 0 spiro atoms. The number of halogens is 1. The van der Waals surface area contributed by atoms with Crippen molar-refractivity contribution in [1.29, 1.82) is 0 Å². The summed E-state index contributed by atoms with van der Waals surface area (Å²) < 4.78 is 20.3. The Hall–Kier alpha value is -4.00. The normalized spacial score (nSPS) is 10.7. The number of amides is 1. The van der Waals surface area contributed by atoms with Crippen molar-refractivity contribution >= 4 is 11.6 Å². The first-order chi connectivity index (χ1) is 15.0. The predicted octanol–water partition coefficient (Wildman–Crippen LogP) is 4.95. The number of anilines is 1. The van der Waals surface area contributed by atoms with Gasteiger partial charge in [-0.05, 0) is 73.5 Å². The van der Waals surface area contributed by atoms with Crippen molar-refractivity contribution in [2.45, 2.75) is 13.8 Å². The number of hydrogen-bond acceptors (Lipinski definition) is 4. The van der Waals surface area contributed by atoms with Crippen LogP contribution in [0.5, 0.6) is 5.75 Å². The maximum absolute atomic E-state index is 13.5. The summed E-state index contributed by atoms with van der Waals surface area (Å²) in [5.41, 5.74) is 4.13. The molecule has 0 fully saturated rings. The van der Waals surface area contributed by atoms with Gasteiger partial charge in [0.25, 0.3) is 5.91 Å². The van der Waals surface area contributed by atoms with Crippen LogP contribution < -0.4 is 10.1 Å². The molecule has 4 aromatic rings. The van der Waals surface area contributed by atoms with Crippen LogP contribution in [0.2, 0.25) is 0 Å². The molecule has 0 saturated heterocycles. The number of carbonyl (C=O) groups is 1. The average molecular weight is 416 g/mol. The molecule has 0 aliphatic rings. The summed E-state index contributed by atoms with van der Waals surface area (Å²) >= 11 is 0. The summed E-state index contributed by atoms with van der Waals surface area (Å²) in [5, 5.41) is 7.25. The number of aromatic nitrogens is 3. The second-order valence-corrected chi connectivity index (χ2v) is 7.10. The van der Waals surface area contributed by atoms with E-state index in [1.54, 1.807) is 35.0 Å². The average Bonchev–Trinajstić information content (AvgIpc) is 3.22. The first kappa shape index (κ1) is 20.3. The topological polar surface area (TPSA) is 69.0 Å². The molecule has 0 aliphatic heterocycles. The van der Waals surface area contributed by atoms with Crippen LogP contribution in [0.1, 0.15) is 21.7 Å². The van der Waals surface area contributed by atoms with E-state index in [0.717, 1.165) is 16.8 Å². The van der Waals surface area contributed by atoms with Gasteiger partial charge in [0.2, 0.25) is 5.82 Å². The Balaban J connectivity index is 1.78. The molecule has 0 bridgehead atoms. The third-order valence-electron chi connectivity index (χ3n) is 5.00. The summed E-state index contributed by atoms with van der Waals surface area (Å²) in [4.78, 5) is 17.4. The summed E-state index contributed by atoms with van der Waals surface area (Å²) in [5.74, 6) is 0.130. The lowest BCUT2D eigenvalue weighted by molar-refractivity contribution is 0.101. The maximum atomic E-state index is 13.5. The number of aryl methyl sites for hydroxylation is 2. The minimum absolute atomic E-state index is 0.0107. The molecular formula is C24H21FN4O2. The third-order valence-corrected chi connectivity index (χ3v) is 5.00. The molecule has 6 nitrogen and oxygen atoms in total. The molecule has 4 rings (SSSR count). The molecule has 156 valence electrons. The minimum Gasteiger partial charge on any atom is -0.495 e. The number of para-hydroxylation sites is 2. The number of benzene rings is 3. The zero-order valence-electron chi connectivity index (χ0n) is 17.4. The number of ether oxygens (including phenoxy) is 1. The van der Waals surface area contributed by atoms with Crippen molar-refractivity contribution < 1.29 is 13.9 Å². The Morgan fingerprint density at radius 3 is 2.45 bits per heavy atom. The standard InChI is InChI=1S/C24H21FN4O2/c1-15-8-13-19(14-16(15)2)29-23(17-9-11-18(25)12-10-17)27-22(28-29)24(30)26-20-6-4-5-7-21(20)31-3/h4-14H,1-3H3,(H,26,30). The van der Waals surface area contributed by atoms with Crippen LogP contribution in [0.4, 0.5) is 10.1 Å². The van der Waals surface area contributed by atoms with Gasteiger partial charge in [-0.25, -0.2) is 14.1 Å². The molecule has 1 heterocycles. The molecule has 0 aliphatic carbocycles. The highest BCUT2D eigenvalue weighted by atomic mass is 19.1. The van der Waals surface area contributed by atoms with Crippen LogP contribution in [0.15, 0.2) is 66.7 Å². The van der Waals surface area contributed by atoms with Gasteiger partial charge in [-0.3, -0.25) is 4.79 Å². The van der Waals surface area contributed by atoms with Gasteiger partial charge in [0.15, 0.2) is 5.82 Å². The van der Waals surface area contributed by atoms with Gasteiger partial charge in [0.05, 0.1) is 18.5 Å². The van der Waals surface area contributed by atoms with Gasteiger partial charge >= 0.3 is 0 Å². The molecule has 0 unspecified atom stereocenters. The molecule has 1 aromatic heterocycles. The smallest absolute Gasteiger partial charge is 0.295 e. The second kappa shape index (κ2) is 8.39. The Labute approximate surface area is 179 Å². The van der Waals surface area contributed by atoms with E-state index in [2.05, 4.69) is 15.4 Å². The van der Waals surface area contributed by atoms with E-state index in [-0.39, 0.29) is 11.6 Å². The number of methoxy groups -OCH3 is 1. The van der Waals surface area contributed by atoms with Crippen molar-refractivity contribution in [2.24, 2.45) is 0 Å². The van der Waals surface area contributed by atoms with E-state index in [1.807, 2.05) is 38.1 Å². The van der Waals surface area contributed by atoms with E-state index < -0.39 is 5.91 Å². The van der Waals surface area contributed by atoms with Crippen LogP contribution in [0, 0.1) is 19.7 Å². The fourth-order valence-electron chi connectivity index (χ4n) is 3.16. The number of nitrogens with zero attached hydrogens (tertiary/aromatic N) is 3. The molecule has 0 radical (unpaired) electrons. The van der Waals surface area contributed by atoms with Gasteiger partial charge in [-0.1, -0.05) is 18.2 Å². The van der Waals surface area contributed by atoms with E-state index in [0.29, 0.717) is 22.8 Å². The van der Waals surface area contributed by atoms with Crippen molar-refractivity contribution in [3.8, 4) is 22.8 Å². The van der Waals surface area contributed by atoms with Gasteiger partial charge in [-0.2, -0.15) is 0 Å². The lowest BCUT2D eigenvalue weighted by Gasteiger charge is -2.08. The van der Waals surface area contributed by atoms with Crippen LogP contribution in [-0.4, -0.2) is 27.8 Å². The number of nitrogens with one attached hydrogen (secondary N) is 1. The molecule has 1 N–H and O–H groups in total. The summed E-state index contributed by atoms with van der Waals surface area (Å²) in [6.45, 7) is 4.02. The first-order valence-electron chi connectivity index (χ1n) is 9.71. The number of hydrogen-bond donors (Lipinski definition) is 1. The highest BCUT2D eigenvalue weighted by Gasteiger charge is 2.20. The Kier molecular flexibility index (Phi) is 5.49. The minimum atomic E-state index is -0.476. The van der Waals surface area contributed by atoms with Crippen LogP contribution in [0.3, 0.4) is 0 Å². The zero-order chi connectivity index (χ0) is 22.0. The van der Waals surface area contributed by atoms with E-state index >= 15 is 0 Å². The first-order valence-corrected chi connectivity index (χ1v) is 9.71. The van der Waals surface area contributed by atoms with Gasteiger partial charge < -0.3 is 10.1 Å². The lowest BCUT2D eigenvalue weighted by Crippen LogP contribution is -2.15. The maximum Gasteiger partial charge on any atom is 0.295 e. The van der Waals surface area contributed by atoms with Crippen molar-refractivity contribution in [3.05, 3.63) is 89.5 Å². The molecule has 0 atom stereocenters. The van der Waals surface area contributed by atoms with Crippen LogP contribution in [0.25, 0.3) is 17.1 Å². The van der Waals surface area contributed by atoms with E-state index in [4.69, 9.17) is 4.74 Å². The largest absolute Gasteiger partial charge is 0.495 e. The number of carbonyl (C=O) groups excluding carboxylic acids is 1. The summed E-state index contributed by atoms with van der Waals surface area (Å²) in [7, 11) is 1.53. The Morgan fingerprint density at radius 1 is 1.00 bits per heavy atom. The predicted molar refractivity (Wildman–Crippen MR) is 117 cm³/mol. The number of rotatable bonds is 5. The summed E-state index contributed by atoms with van der Waals surface area (Å²) in [6, 6.07) is 18.9. The lowest BCUT2D eigenvalue weighted by atomic mass is 10.1. The molecular weight excluding hydrogens is 395 g/mol. The second-order valence-electron chi connectivity index (χ2n) is 7.10. The van der Waals surface area contributed by atoms with E-state index in [9.17, 15) is 9.18 Å². The van der Waals surface area contributed by atoms with Gasteiger partial charge in [-0.15, -0.1) is 5.10 Å². The third kappa shape index (κ3) is 4.16. The molecule has 7 heteroatoms. The van der Waals surface area contributed by atoms with E-state index in [1.165, 1.54) is 19.2 Å². The van der Waals surface area contributed by atoms with Gasteiger partial charge in [0, 0.05) is 5.56 Å². The fraction of sp³-hybridized carbons (Fsp3) is 0.125. The Morgan fingerprint density at radius 2 is 1.74 bits per heavy atom. The van der Waals surface area contributed by atoms with Crippen molar-refractivity contribution in [2.75, 3.05) is 12.4 Å². The zero-order valence-corrected chi connectivity index (χ0v) is 17.4. The van der Waals surface area contributed by atoms with Gasteiger partial charge in [0.1, 0.15) is 11.6 Å². The quantitative estimate of drug-likeness (QED) is 0.500. The molecule has 31 heavy (non-hydrogen) atoms. The summed E-state index contributed by atoms with van der Waals surface area (Å²) in [6.07, 6.45) is 0. The monoisotopic (exact) mass is 416 g/mol. The molecule has 3 aromatic carbocycles. The fourth-order valence-corrected chi connectivity index (χ4v) is 3.16. The Bertz CT molecular complexity index is 1250. The molecule has 1 amide bonds. The van der Waals surface area contributed by atoms with Crippen molar-refractivity contribution in [1.82, 2.24) is 14.8 Å².